The van der Waals surface area contributed by atoms with Gasteiger partial charge in [-0.2, -0.15) is 0 Å². The van der Waals surface area contributed by atoms with Crippen LogP contribution in [0.2, 0.25) is 0 Å². The molecule has 1 unspecified atom stereocenters. The maximum absolute atomic E-state index is 10.9. The highest BCUT2D eigenvalue weighted by Gasteiger charge is 2.19. The normalized spacial score (nSPS) is 12.2. The van der Waals surface area contributed by atoms with Crippen LogP contribution in [0.4, 0.5) is 11.4 Å². The summed E-state index contributed by atoms with van der Waals surface area (Å²) < 4.78 is 0. The Morgan fingerprint density at radius 1 is 1.56 bits per heavy atom. The van der Waals surface area contributed by atoms with E-state index in [0.29, 0.717) is 5.69 Å². The van der Waals surface area contributed by atoms with Gasteiger partial charge in [-0.15, -0.1) is 0 Å². The van der Waals surface area contributed by atoms with Crippen LogP contribution >= 0.6 is 0 Å². The Balaban J connectivity index is 3.17. The highest BCUT2D eigenvalue weighted by Crippen LogP contribution is 2.29. The van der Waals surface area contributed by atoms with Gasteiger partial charge in [-0.3, -0.25) is 10.1 Å². The summed E-state index contributed by atoms with van der Waals surface area (Å²) in [6, 6.07) is 4.92. The largest absolute Gasteiger partial charge is 0.394 e. The first kappa shape index (κ1) is 12.4. The van der Waals surface area contributed by atoms with Crippen molar-refractivity contribution in [1.82, 2.24) is 0 Å². The first-order chi connectivity index (χ1) is 7.47. The lowest BCUT2D eigenvalue weighted by atomic mass is 10.1. The van der Waals surface area contributed by atoms with Crippen molar-refractivity contribution < 1.29 is 10.0 Å². The number of aliphatic hydroxyl groups excluding tert-OH is 1. The number of rotatable bonds is 4. The number of nitrogens with zero attached hydrogens (tertiary/aromatic N) is 2. The van der Waals surface area contributed by atoms with E-state index in [2.05, 4.69) is 0 Å². The van der Waals surface area contributed by atoms with Crippen LogP contribution in [0.25, 0.3) is 0 Å². The summed E-state index contributed by atoms with van der Waals surface area (Å²) >= 11 is 0. The second kappa shape index (κ2) is 4.94. The molecule has 0 amide bonds. The van der Waals surface area contributed by atoms with Gasteiger partial charge in [-0.25, -0.2) is 0 Å². The number of hydrogen-bond acceptors (Lipinski definition) is 4. The van der Waals surface area contributed by atoms with E-state index in [0.717, 1.165) is 5.56 Å². The van der Waals surface area contributed by atoms with Crippen molar-refractivity contribution in [3.8, 4) is 0 Å². The van der Waals surface area contributed by atoms with Crippen molar-refractivity contribution in [2.24, 2.45) is 0 Å². The third-order valence-corrected chi connectivity index (χ3v) is 2.63. The predicted molar refractivity (Wildman–Crippen MR) is 62.8 cm³/mol. The lowest BCUT2D eigenvalue weighted by molar-refractivity contribution is -0.384. The number of anilines is 1. The van der Waals surface area contributed by atoms with Crippen LogP contribution in [0.5, 0.6) is 0 Å². The molecule has 1 aromatic rings. The number of benzene rings is 1. The number of nitro groups is 1. The predicted octanol–water partition coefficient (Wildman–Crippen LogP) is 1.72. The van der Waals surface area contributed by atoms with Crippen LogP contribution in [0.3, 0.4) is 0 Å². The molecule has 1 N–H and O–H groups in total. The van der Waals surface area contributed by atoms with Crippen molar-refractivity contribution >= 4 is 11.4 Å². The molecule has 1 atom stereocenters. The van der Waals surface area contributed by atoms with Crippen LogP contribution < -0.4 is 4.90 Å². The van der Waals surface area contributed by atoms with Gasteiger partial charge in [-0.1, -0.05) is 6.07 Å². The number of hydrogen-bond donors (Lipinski definition) is 1. The van der Waals surface area contributed by atoms with Gasteiger partial charge in [-0.05, 0) is 25.5 Å². The van der Waals surface area contributed by atoms with E-state index < -0.39 is 4.92 Å². The van der Waals surface area contributed by atoms with Crippen molar-refractivity contribution in [2.45, 2.75) is 19.9 Å². The van der Waals surface area contributed by atoms with Gasteiger partial charge in [0.15, 0.2) is 0 Å². The van der Waals surface area contributed by atoms with Gasteiger partial charge in [0.05, 0.1) is 11.5 Å². The van der Waals surface area contributed by atoms with Gasteiger partial charge in [0.2, 0.25) is 0 Å². The Kier molecular flexibility index (Phi) is 3.84. The van der Waals surface area contributed by atoms with E-state index in [4.69, 9.17) is 5.11 Å². The van der Waals surface area contributed by atoms with Gasteiger partial charge in [0.1, 0.15) is 5.69 Å². The molecular formula is C11H16N2O3. The zero-order valence-electron chi connectivity index (χ0n) is 9.67. The summed E-state index contributed by atoms with van der Waals surface area (Å²) in [6.07, 6.45) is 0. The maximum atomic E-state index is 10.9. The summed E-state index contributed by atoms with van der Waals surface area (Å²) in [5, 5.41) is 19.9. The molecule has 0 fully saturated rings. The van der Waals surface area contributed by atoms with Crippen molar-refractivity contribution in [2.75, 3.05) is 18.6 Å². The molecule has 0 bridgehead atoms. The monoisotopic (exact) mass is 224 g/mol. The molecule has 0 aromatic heterocycles. The second-order valence-electron chi connectivity index (χ2n) is 3.89. The molecular weight excluding hydrogens is 208 g/mol. The lowest BCUT2D eigenvalue weighted by Gasteiger charge is -2.25. The highest BCUT2D eigenvalue weighted by molar-refractivity contribution is 5.64. The minimum atomic E-state index is -0.400. The fourth-order valence-corrected chi connectivity index (χ4v) is 1.44. The molecule has 0 spiro atoms. The molecule has 0 aliphatic carbocycles. The Labute approximate surface area is 94.5 Å². The molecule has 0 saturated carbocycles. The molecule has 0 aliphatic rings. The standard InChI is InChI=1S/C11H16N2O3/c1-8-4-5-10(11(6-8)13(15)16)12(3)9(2)7-14/h4-6,9,14H,7H2,1-3H3. The zero-order valence-corrected chi connectivity index (χ0v) is 9.67. The third-order valence-electron chi connectivity index (χ3n) is 2.63. The zero-order chi connectivity index (χ0) is 12.3. The fourth-order valence-electron chi connectivity index (χ4n) is 1.44. The summed E-state index contributed by atoms with van der Waals surface area (Å²) in [5.41, 5.74) is 1.44. The molecule has 88 valence electrons. The molecule has 16 heavy (non-hydrogen) atoms. The SMILES string of the molecule is Cc1ccc(N(C)C(C)CO)c([N+](=O)[O-])c1. The molecule has 0 aliphatic heterocycles. The van der Waals surface area contributed by atoms with E-state index in [1.54, 1.807) is 18.0 Å². The number of aliphatic hydroxyl groups is 1. The molecule has 0 heterocycles. The van der Waals surface area contributed by atoms with Crippen LogP contribution in [0.1, 0.15) is 12.5 Å². The molecule has 5 heteroatoms. The number of aryl methyl sites for hydroxylation is 1. The quantitative estimate of drug-likeness (QED) is 0.624. The van der Waals surface area contributed by atoms with E-state index in [1.165, 1.54) is 6.07 Å². The molecule has 1 rings (SSSR count). The summed E-state index contributed by atoms with van der Waals surface area (Å²) in [5.74, 6) is 0. The molecule has 5 nitrogen and oxygen atoms in total. The topological polar surface area (TPSA) is 66.6 Å². The van der Waals surface area contributed by atoms with E-state index >= 15 is 0 Å². The van der Waals surface area contributed by atoms with Gasteiger partial charge < -0.3 is 10.0 Å². The van der Waals surface area contributed by atoms with E-state index in [1.807, 2.05) is 19.9 Å². The van der Waals surface area contributed by atoms with Crippen molar-refractivity contribution in [3.63, 3.8) is 0 Å². The lowest BCUT2D eigenvalue weighted by Crippen LogP contribution is -2.32. The van der Waals surface area contributed by atoms with Crippen LogP contribution in [-0.2, 0) is 0 Å². The number of nitro benzene ring substituents is 1. The van der Waals surface area contributed by atoms with Crippen LogP contribution in [-0.4, -0.2) is 29.7 Å². The maximum Gasteiger partial charge on any atom is 0.292 e. The van der Waals surface area contributed by atoms with E-state index in [9.17, 15) is 10.1 Å². The summed E-state index contributed by atoms with van der Waals surface area (Å²) in [4.78, 5) is 12.2. The van der Waals surface area contributed by atoms with Gasteiger partial charge >= 0.3 is 0 Å². The Morgan fingerprint density at radius 2 is 2.19 bits per heavy atom. The van der Waals surface area contributed by atoms with Gasteiger partial charge in [0, 0.05) is 19.2 Å². The first-order valence-electron chi connectivity index (χ1n) is 5.06. The van der Waals surface area contributed by atoms with Crippen molar-refractivity contribution in [1.29, 1.82) is 0 Å². The molecule has 0 saturated heterocycles. The summed E-state index contributed by atoms with van der Waals surface area (Å²) in [7, 11) is 1.73. The van der Waals surface area contributed by atoms with E-state index in [-0.39, 0.29) is 18.3 Å². The molecule has 0 radical (unpaired) electrons. The smallest absolute Gasteiger partial charge is 0.292 e. The Hall–Kier alpha value is -1.62. The summed E-state index contributed by atoms with van der Waals surface area (Å²) in [6.45, 7) is 3.58. The fraction of sp³-hybridized carbons (Fsp3) is 0.455. The van der Waals surface area contributed by atoms with Crippen LogP contribution in [0.15, 0.2) is 18.2 Å². The Bertz CT molecular complexity index is 393. The minimum Gasteiger partial charge on any atom is -0.394 e. The first-order valence-corrected chi connectivity index (χ1v) is 5.06. The van der Waals surface area contributed by atoms with Gasteiger partial charge in [0.25, 0.3) is 5.69 Å². The highest BCUT2D eigenvalue weighted by atomic mass is 16.6. The van der Waals surface area contributed by atoms with Crippen LogP contribution in [0, 0.1) is 17.0 Å². The third kappa shape index (κ3) is 2.49. The van der Waals surface area contributed by atoms with Crippen molar-refractivity contribution in [3.05, 3.63) is 33.9 Å². The average Bonchev–Trinajstić information content (AvgIpc) is 2.26. The second-order valence-corrected chi connectivity index (χ2v) is 3.89. The molecule has 1 aromatic carbocycles. The number of likely N-dealkylation sites (N-methyl/N-ethyl adjacent to an activating group) is 1. The minimum absolute atomic E-state index is 0.0401. The Morgan fingerprint density at radius 3 is 2.69 bits per heavy atom. The average molecular weight is 224 g/mol.